The van der Waals surface area contributed by atoms with Crippen LogP contribution in [-0.4, -0.2) is 31.9 Å². The number of aryl methyl sites for hydroxylation is 1. The van der Waals surface area contributed by atoms with Crippen LogP contribution in [0, 0.1) is 18.7 Å². The molecule has 5 rings (SSSR count). The first-order chi connectivity index (χ1) is 15.2. The average molecular weight is 483 g/mol. The molecule has 1 aromatic carbocycles. The molecule has 0 radical (unpaired) electrons. The lowest BCUT2D eigenvalue weighted by Gasteiger charge is -2.16. The summed E-state index contributed by atoms with van der Waals surface area (Å²) < 4.78 is 59.9. The number of benzene rings is 1. The predicted octanol–water partition coefficient (Wildman–Crippen LogP) is 5.45. The van der Waals surface area contributed by atoms with E-state index in [4.69, 9.17) is 4.74 Å². The van der Waals surface area contributed by atoms with Gasteiger partial charge in [0.25, 0.3) is 5.91 Å². The number of carbonyl (C=O) groups is 1. The summed E-state index contributed by atoms with van der Waals surface area (Å²) in [7, 11) is 0. The second kappa shape index (κ2) is 8.33. The third kappa shape index (κ3) is 4.39. The van der Waals surface area contributed by atoms with E-state index in [0.717, 1.165) is 25.0 Å². The summed E-state index contributed by atoms with van der Waals surface area (Å²) in [5.41, 5.74) is 0.852. The number of pyridine rings is 1. The third-order valence-electron chi connectivity index (χ3n) is 5.59. The fourth-order valence-corrected chi connectivity index (χ4v) is 3.82. The molecule has 11 heteroatoms. The maximum atomic E-state index is 14.8. The number of ether oxygens (including phenoxy) is 1. The number of imidazole rings is 1. The van der Waals surface area contributed by atoms with Gasteiger partial charge in [0.2, 0.25) is 11.7 Å². The van der Waals surface area contributed by atoms with Crippen LogP contribution in [0.4, 0.5) is 17.6 Å². The van der Waals surface area contributed by atoms with Gasteiger partial charge in [0, 0.05) is 24.4 Å². The Bertz CT molecular complexity index is 1210. The molecule has 2 aliphatic rings. The molecule has 2 aromatic heterocycles. The lowest BCUT2D eigenvalue weighted by Crippen LogP contribution is -2.27. The highest BCUT2D eigenvalue weighted by molar-refractivity contribution is 5.94. The SMILES string of the molecule is Cc1nc2n(c1-c1ccc(Oc3ccc(C(F)(F)F)cn3)c(F)c1)CN(CC1CC1)C2=O.Cl. The molecule has 1 aliphatic heterocycles. The Labute approximate surface area is 192 Å². The van der Waals surface area contributed by atoms with Crippen LogP contribution in [0.15, 0.2) is 36.5 Å². The van der Waals surface area contributed by atoms with E-state index in [1.54, 1.807) is 22.5 Å². The number of carbonyl (C=O) groups excluding carboxylic acids is 1. The first-order valence-corrected chi connectivity index (χ1v) is 10.1. The molecule has 33 heavy (non-hydrogen) atoms. The van der Waals surface area contributed by atoms with Crippen LogP contribution in [0.2, 0.25) is 0 Å². The smallest absolute Gasteiger partial charge is 0.417 e. The summed E-state index contributed by atoms with van der Waals surface area (Å²) in [5, 5.41) is 0. The summed E-state index contributed by atoms with van der Waals surface area (Å²) in [6.45, 7) is 2.83. The monoisotopic (exact) mass is 482 g/mol. The van der Waals surface area contributed by atoms with Gasteiger partial charge in [-0.05, 0) is 49.9 Å². The molecule has 1 aliphatic carbocycles. The van der Waals surface area contributed by atoms with Crippen LogP contribution in [-0.2, 0) is 12.8 Å². The highest BCUT2D eigenvalue weighted by Crippen LogP contribution is 2.36. The van der Waals surface area contributed by atoms with Gasteiger partial charge in [0.1, 0.15) is 0 Å². The Morgan fingerprint density at radius 3 is 2.55 bits per heavy atom. The van der Waals surface area contributed by atoms with Crippen molar-refractivity contribution < 1.29 is 27.1 Å². The normalized spacial score (nSPS) is 15.4. The maximum Gasteiger partial charge on any atom is 0.417 e. The van der Waals surface area contributed by atoms with E-state index in [1.165, 1.54) is 12.1 Å². The molecule has 0 atom stereocenters. The predicted molar refractivity (Wildman–Crippen MR) is 113 cm³/mol. The molecule has 1 saturated carbocycles. The molecule has 174 valence electrons. The number of alkyl halides is 3. The second-order valence-electron chi connectivity index (χ2n) is 8.04. The molecule has 3 aromatic rings. The Morgan fingerprint density at radius 2 is 1.94 bits per heavy atom. The number of halogens is 5. The maximum absolute atomic E-state index is 14.8. The number of hydrogen-bond acceptors (Lipinski definition) is 4. The summed E-state index contributed by atoms with van der Waals surface area (Å²) in [6.07, 6.45) is -1.64. The summed E-state index contributed by atoms with van der Waals surface area (Å²) in [4.78, 5) is 22.4. The van der Waals surface area contributed by atoms with E-state index < -0.39 is 17.6 Å². The van der Waals surface area contributed by atoms with Gasteiger partial charge >= 0.3 is 6.18 Å². The molecule has 6 nitrogen and oxygen atoms in total. The quantitative estimate of drug-likeness (QED) is 0.454. The minimum Gasteiger partial charge on any atom is -0.436 e. The van der Waals surface area contributed by atoms with E-state index in [-0.39, 0.29) is 29.9 Å². The third-order valence-corrected chi connectivity index (χ3v) is 5.59. The lowest BCUT2D eigenvalue weighted by molar-refractivity contribution is -0.137. The zero-order chi connectivity index (χ0) is 22.6. The standard InChI is InChI=1S/C22H18F4N4O2.ClH/c1-12-19(30-11-29(10-13-2-3-13)21(31)20(30)28-12)14-4-6-17(16(23)8-14)32-18-7-5-15(9-27-18)22(24,25)26;/h4-9,13H,2-3,10-11H2,1H3;1H. The number of amides is 1. The van der Waals surface area contributed by atoms with Gasteiger partial charge in [-0.2, -0.15) is 13.2 Å². The molecule has 0 bridgehead atoms. The van der Waals surface area contributed by atoms with E-state index in [9.17, 15) is 22.4 Å². The van der Waals surface area contributed by atoms with E-state index >= 15 is 0 Å². The van der Waals surface area contributed by atoms with E-state index in [0.29, 0.717) is 48.1 Å². The number of aromatic nitrogens is 3. The average Bonchev–Trinajstić information content (AvgIpc) is 3.43. The number of rotatable bonds is 5. The van der Waals surface area contributed by atoms with Gasteiger partial charge in [-0.25, -0.2) is 14.4 Å². The van der Waals surface area contributed by atoms with Crippen LogP contribution in [0.1, 0.15) is 34.7 Å². The minimum atomic E-state index is -4.52. The Balaban J connectivity index is 0.00000259. The van der Waals surface area contributed by atoms with E-state index in [2.05, 4.69) is 9.97 Å². The zero-order valence-electron chi connectivity index (χ0n) is 17.4. The molecular formula is C22H19ClF4N4O2. The molecule has 0 saturated heterocycles. The van der Waals surface area contributed by atoms with Gasteiger partial charge in [0.05, 0.1) is 23.6 Å². The second-order valence-corrected chi connectivity index (χ2v) is 8.04. The first-order valence-electron chi connectivity index (χ1n) is 10.1. The molecule has 1 fully saturated rings. The Kier molecular flexibility index (Phi) is 5.81. The van der Waals surface area contributed by atoms with Crippen molar-refractivity contribution in [1.29, 1.82) is 0 Å². The Morgan fingerprint density at radius 1 is 1.18 bits per heavy atom. The van der Waals surface area contributed by atoms with Crippen molar-refractivity contribution in [2.45, 2.75) is 32.6 Å². The van der Waals surface area contributed by atoms with Crippen molar-refractivity contribution in [3.8, 4) is 22.9 Å². The number of fused-ring (bicyclic) bond motifs is 1. The van der Waals surface area contributed by atoms with Gasteiger partial charge < -0.3 is 14.2 Å². The number of nitrogens with zero attached hydrogens (tertiary/aromatic N) is 4. The van der Waals surface area contributed by atoms with Crippen molar-refractivity contribution >= 4 is 18.3 Å². The summed E-state index contributed by atoms with van der Waals surface area (Å²) >= 11 is 0. The van der Waals surface area contributed by atoms with Crippen LogP contribution < -0.4 is 4.74 Å². The van der Waals surface area contributed by atoms with Crippen LogP contribution in [0.5, 0.6) is 11.6 Å². The molecule has 0 N–H and O–H groups in total. The topological polar surface area (TPSA) is 60.2 Å². The van der Waals surface area contributed by atoms with Crippen molar-refractivity contribution in [3.05, 3.63) is 59.4 Å². The van der Waals surface area contributed by atoms with Gasteiger partial charge in [-0.1, -0.05) is 0 Å². The van der Waals surface area contributed by atoms with Crippen LogP contribution in [0.25, 0.3) is 11.3 Å². The zero-order valence-corrected chi connectivity index (χ0v) is 18.2. The fraction of sp³-hybridized carbons (Fsp3) is 0.318. The van der Waals surface area contributed by atoms with Gasteiger partial charge in [-0.15, -0.1) is 12.4 Å². The van der Waals surface area contributed by atoms with Gasteiger partial charge in [-0.3, -0.25) is 4.79 Å². The minimum absolute atomic E-state index is 0. The van der Waals surface area contributed by atoms with Crippen LogP contribution >= 0.6 is 12.4 Å². The number of hydrogen-bond donors (Lipinski definition) is 0. The molecule has 0 spiro atoms. The summed E-state index contributed by atoms with van der Waals surface area (Å²) in [6, 6.07) is 6.10. The van der Waals surface area contributed by atoms with Crippen molar-refractivity contribution in [1.82, 2.24) is 19.4 Å². The van der Waals surface area contributed by atoms with Crippen molar-refractivity contribution in [3.63, 3.8) is 0 Å². The van der Waals surface area contributed by atoms with E-state index in [1.807, 2.05) is 0 Å². The Hall–Kier alpha value is -3.14. The van der Waals surface area contributed by atoms with Crippen LogP contribution in [0.3, 0.4) is 0 Å². The lowest BCUT2D eigenvalue weighted by atomic mass is 10.1. The van der Waals surface area contributed by atoms with Crippen molar-refractivity contribution in [2.75, 3.05) is 6.54 Å². The first kappa shape index (κ1) is 23.0. The molecule has 0 unspecified atom stereocenters. The highest BCUT2D eigenvalue weighted by atomic mass is 35.5. The fourth-order valence-electron chi connectivity index (χ4n) is 3.82. The summed E-state index contributed by atoms with van der Waals surface area (Å²) in [5.74, 6) is -0.286. The van der Waals surface area contributed by atoms with Gasteiger partial charge in [0.15, 0.2) is 11.6 Å². The van der Waals surface area contributed by atoms with Crippen molar-refractivity contribution in [2.24, 2.45) is 5.92 Å². The highest BCUT2D eigenvalue weighted by Gasteiger charge is 2.36. The molecule has 3 heterocycles. The molecule has 1 amide bonds. The largest absolute Gasteiger partial charge is 0.436 e. The molecular weight excluding hydrogens is 464 g/mol.